The van der Waals surface area contributed by atoms with Crippen molar-refractivity contribution in [3.05, 3.63) is 61.0 Å². The van der Waals surface area contributed by atoms with Gasteiger partial charge in [-0.3, -0.25) is 4.79 Å². The van der Waals surface area contributed by atoms with Gasteiger partial charge in [0, 0.05) is 15.1 Å². The van der Waals surface area contributed by atoms with Gasteiger partial charge >= 0.3 is 0 Å². The van der Waals surface area contributed by atoms with Gasteiger partial charge in [-0.15, -0.1) is 0 Å². The van der Waals surface area contributed by atoms with Crippen LogP contribution in [0, 0.1) is 6.92 Å². The summed E-state index contributed by atoms with van der Waals surface area (Å²) in [6, 6.07) is 9.27. The molecule has 0 spiro atoms. The molecular weight excluding hydrogens is 483 g/mol. The van der Waals surface area contributed by atoms with Crippen molar-refractivity contribution in [2.45, 2.75) is 26.7 Å². The van der Waals surface area contributed by atoms with Crippen LogP contribution in [0.2, 0.25) is 5.02 Å². The second kappa shape index (κ2) is 9.53. The van der Waals surface area contributed by atoms with Crippen LogP contribution in [0.5, 0.6) is 5.75 Å². The van der Waals surface area contributed by atoms with E-state index in [-0.39, 0.29) is 18.4 Å². The molecule has 0 fully saturated rings. The van der Waals surface area contributed by atoms with E-state index in [4.69, 9.17) is 16.3 Å². The largest absolute Gasteiger partial charge is 0.482 e. The van der Waals surface area contributed by atoms with Crippen molar-refractivity contribution in [1.82, 2.24) is 5.43 Å². The number of nitrogens with zero attached hydrogens (tertiary/aromatic N) is 1. The summed E-state index contributed by atoms with van der Waals surface area (Å²) in [5.41, 5.74) is 5.20. The second-order valence-corrected chi connectivity index (χ2v) is 8.03. The van der Waals surface area contributed by atoms with Gasteiger partial charge in [-0.1, -0.05) is 59.6 Å². The average molecular weight is 503 g/mol. The molecule has 0 aliphatic rings. The molecule has 0 bridgehead atoms. The van der Waals surface area contributed by atoms with Gasteiger partial charge in [0.2, 0.25) is 0 Å². The van der Waals surface area contributed by atoms with Crippen LogP contribution in [0.3, 0.4) is 0 Å². The molecule has 0 saturated heterocycles. The highest BCUT2D eigenvalue weighted by molar-refractivity contribution is 9.11. The van der Waals surface area contributed by atoms with Gasteiger partial charge in [0.25, 0.3) is 5.91 Å². The lowest BCUT2D eigenvalue weighted by Gasteiger charge is -2.18. The van der Waals surface area contributed by atoms with Crippen LogP contribution >= 0.6 is 43.5 Å². The molecule has 0 aliphatic heterocycles. The fourth-order valence-electron chi connectivity index (χ4n) is 2.21. The molecule has 0 aromatic heterocycles. The van der Waals surface area contributed by atoms with Crippen LogP contribution in [0.1, 0.15) is 36.5 Å². The number of ether oxygens (including phenoxy) is 1. The Kier molecular flexibility index (Phi) is 7.68. The van der Waals surface area contributed by atoms with E-state index in [1.165, 1.54) is 6.21 Å². The van der Waals surface area contributed by atoms with Crippen molar-refractivity contribution in [2.24, 2.45) is 5.10 Å². The molecule has 26 heavy (non-hydrogen) atoms. The third-order valence-electron chi connectivity index (χ3n) is 3.70. The number of amides is 1. The molecule has 0 heterocycles. The summed E-state index contributed by atoms with van der Waals surface area (Å²) >= 11 is 13.1. The van der Waals surface area contributed by atoms with E-state index < -0.39 is 0 Å². The molecule has 2 rings (SSSR count). The fraction of sp³-hybridized carbons (Fsp3) is 0.263. The molecule has 7 heteroatoms. The number of carbonyl (C=O) groups is 1. The number of carbonyl (C=O) groups excluding carboxylic acids is 1. The molecule has 0 unspecified atom stereocenters. The summed E-state index contributed by atoms with van der Waals surface area (Å²) in [7, 11) is 0. The van der Waals surface area contributed by atoms with Crippen molar-refractivity contribution < 1.29 is 9.53 Å². The Morgan fingerprint density at radius 2 is 2.04 bits per heavy atom. The van der Waals surface area contributed by atoms with Crippen molar-refractivity contribution in [1.29, 1.82) is 0 Å². The molecule has 0 atom stereocenters. The zero-order valence-corrected chi connectivity index (χ0v) is 18.6. The van der Waals surface area contributed by atoms with E-state index in [9.17, 15) is 4.79 Å². The zero-order valence-electron chi connectivity index (χ0n) is 14.6. The smallest absolute Gasteiger partial charge is 0.277 e. The molecule has 0 radical (unpaired) electrons. The number of halogens is 3. The van der Waals surface area contributed by atoms with E-state index in [0.717, 1.165) is 25.6 Å². The molecule has 2 aromatic carbocycles. The first-order valence-corrected chi connectivity index (χ1v) is 9.95. The molecule has 1 N–H and O–H groups in total. The highest BCUT2D eigenvalue weighted by Gasteiger charge is 2.17. The third kappa shape index (κ3) is 5.32. The van der Waals surface area contributed by atoms with Gasteiger partial charge in [0.05, 0.1) is 10.7 Å². The lowest BCUT2D eigenvalue weighted by Crippen LogP contribution is -2.25. The monoisotopic (exact) mass is 500 g/mol. The maximum Gasteiger partial charge on any atom is 0.277 e. The third-order valence-corrected chi connectivity index (χ3v) is 5.82. The number of hydrogen-bond donors (Lipinski definition) is 1. The number of hydrazone groups is 1. The molecule has 0 aliphatic carbocycles. The topological polar surface area (TPSA) is 50.7 Å². The number of benzene rings is 2. The van der Waals surface area contributed by atoms with E-state index in [0.29, 0.717) is 10.8 Å². The Hall–Kier alpha value is -1.37. The SMILES string of the molecule is Cc1c(Br)cc(C(C)C)c(OCC(=O)N/N=C/c2ccccc2Cl)c1Br. The van der Waals surface area contributed by atoms with Crippen LogP contribution in [-0.2, 0) is 4.79 Å². The van der Waals surface area contributed by atoms with Crippen molar-refractivity contribution in [2.75, 3.05) is 6.61 Å². The number of rotatable bonds is 6. The van der Waals surface area contributed by atoms with Gasteiger partial charge in [0.15, 0.2) is 6.61 Å². The Balaban J connectivity index is 2.03. The first-order valence-electron chi connectivity index (χ1n) is 7.99. The van der Waals surface area contributed by atoms with Crippen LogP contribution in [0.4, 0.5) is 0 Å². The molecule has 0 saturated carbocycles. The summed E-state index contributed by atoms with van der Waals surface area (Å²) < 4.78 is 7.60. The highest BCUT2D eigenvalue weighted by atomic mass is 79.9. The van der Waals surface area contributed by atoms with Gasteiger partial charge in [-0.25, -0.2) is 5.43 Å². The summed E-state index contributed by atoms with van der Waals surface area (Å²) in [5, 5.41) is 4.49. The van der Waals surface area contributed by atoms with Gasteiger partial charge in [0.1, 0.15) is 5.75 Å². The molecule has 1 amide bonds. The van der Waals surface area contributed by atoms with Crippen molar-refractivity contribution >= 4 is 55.6 Å². The summed E-state index contributed by atoms with van der Waals surface area (Å²) in [4.78, 5) is 12.0. The first-order chi connectivity index (χ1) is 12.3. The van der Waals surface area contributed by atoms with Gasteiger partial charge < -0.3 is 4.74 Å². The maximum atomic E-state index is 12.0. The van der Waals surface area contributed by atoms with Crippen LogP contribution in [-0.4, -0.2) is 18.7 Å². The Morgan fingerprint density at radius 1 is 1.35 bits per heavy atom. The number of nitrogens with one attached hydrogen (secondary N) is 1. The fourth-order valence-corrected chi connectivity index (χ4v) is 3.66. The van der Waals surface area contributed by atoms with E-state index in [2.05, 4.69) is 56.2 Å². The first kappa shape index (κ1) is 20.9. The lowest BCUT2D eigenvalue weighted by molar-refractivity contribution is -0.123. The summed E-state index contributed by atoms with van der Waals surface area (Å²) in [6.07, 6.45) is 1.50. The van der Waals surface area contributed by atoms with Crippen molar-refractivity contribution in [3.63, 3.8) is 0 Å². The summed E-state index contributed by atoms with van der Waals surface area (Å²) in [5.74, 6) is 0.570. The average Bonchev–Trinajstić information content (AvgIpc) is 2.60. The molecule has 4 nitrogen and oxygen atoms in total. The minimum absolute atomic E-state index is 0.140. The van der Waals surface area contributed by atoms with Gasteiger partial charge in [-0.2, -0.15) is 5.10 Å². The Labute approximate surface area is 175 Å². The quantitative estimate of drug-likeness (QED) is 0.399. The van der Waals surface area contributed by atoms with E-state index in [1.807, 2.05) is 31.2 Å². The predicted octanol–water partition coefficient (Wildman–Crippen LogP) is 5.83. The van der Waals surface area contributed by atoms with Crippen LogP contribution in [0.15, 0.2) is 44.4 Å². The van der Waals surface area contributed by atoms with E-state index in [1.54, 1.807) is 6.07 Å². The lowest BCUT2D eigenvalue weighted by atomic mass is 10.0. The molecular formula is C19H19Br2ClN2O2. The zero-order chi connectivity index (χ0) is 19.3. The van der Waals surface area contributed by atoms with Gasteiger partial charge in [-0.05, 0) is 52.0 Å². The Bertz CT molecular complexity index is 839. The predicted molar refractivity (Wildman–Crippen MR) is 113 cm³/mol. The van der Waals surface area contributed by atoms with E-state index >= 15 is 0 Å². The maximum absolute atomic E-state index is 12.0. The molecule has 138 valence electrons. The summed E-state index contributed by atoms with van der Waals surface area (Å²) in [6.45, 7) is 5.98. The normalized spacial score (nSPS) is 11.2. The van der Waals surface area contributed by atoms with Crippen LogP contribution < -0.4 is 10.2 Å². The Morgan fingerprint density at radius 3 is 2.69 bits per heavy atom. The highest BCUT2D eigenvalue weighted by Crippen LogP contribution is 2.40. The minimum atomic E-state index is -0.351. The van der Waals surface area contributed by atoms with Crippen LogP contribution in [0.25, 0.3) is 0 Å². The van der Waals surface area contributed by atoms with Crippen molar-refractivity contribution in [3.8, 4) is 5.75 Å². The second-order valence-electron chi connectivity index (χ2n) is 5.97. The minimum Gasteiger partial charge on any atom is -0.482 e. The number of hydrogen-bond acceptors (Lipinski definition) is 3. The molecule has 2 aromatic rings. The standard InChI is InChI=1S/C19H19Br2ClN2O2/c1-11(2)14-8-15(20)12(3)18(21)19(14)26-10-17(25)24-23-9-13-6-4-5-7-16(13)22/h4-9,11H,10H2,1-3H3,(H,24,25)/b23-9+.